The Hall–Kier alpha value is -2.21. The minimum atomic E-state index is -0.922. The molecular weight excluding hydrogens is 550 g/mol. The first-order chi connectivity index (χ1) is 16.1. The van der Waals surface area contributed by atoms with E-state index in [0.29, 0.717) is 0 Å². The number of terminal acetylenes is 1. The number of ether oxygens (including phenoxy) is 2. The van der Waals surface area contributed by atoms with Gasteiger partial charge in [0.2, 0.25) is 0 Å². The Morgan fingerprint density at radius 1 is 0.886 bits per heavy atom. The first-order valence-electron chi connectivity index (χ1n) is 8.76. The smallest absolute Gasteiger partial charge is 0 e. The van der Waals surface area contributed by atoms with Crippen molar-refractivity contribution in [1.82, 2.24) is 0 Å². The summed E-state index contributed by atoms with van der Waals surface area (Å²) in [5.74, 6) is 4.28. The van der Waals surface area contributed by atoms with Crippen molar-refractivity contribution in [3.05, 3.63) is 63.7 Å². The second-order valence-electron chi connectivity index (χ2n) is 5.74. The predicted molar refractivity (Wildman–Crippen MR) is 107 cm³/mol. The molecule has 0 aliphatic heterocycles. The van der Waals surface area contributed by atoms with Gasteiger partial charge >= 0.3 is 67.8 Å². The Morgan fingerprint density at radius 3 is 1.74 bits per heavy atom. The first kappa shape index (κ1) is 49.8. The molecule has 1 aliphatic carbocycles. The van der Waals surface area contributed by atoms with Gasteiger partial charge in [0.25, 0.3) is 0 Å². The van der Waals surface area contributed by atoms with Crippen molar-refractivity contribution in [1.29, 1.82) is 0 Å². The van der Waals surface area contributed by atoms with Crippen LogP contribution in [0.5, 0.6) is 11.5 Å². The predicted octanol–water partition coefficient (Wildman–Crippen LogP) is 2.96. The molecule has 1 fully saturated rings. The van der Waals surface area contributed by atoms with Gasteiger partial charge in [0.15, 0.2) is 11.5 Å². The Labute approximate surface area is 227 Å². The van der Waals surface area contributed by atoms with Gasteiger partial charge in [-0.25, -0.2) is 0 Å². The van der Waals surface area contributed by atoms with Crippen LogP contribution in [-0.2, 0) is 67.9 Å². The first-order valence-corrected chi connectivity index (χ1v) is 8.76. The van der Waals surface area contributed by atoms with Crippen LogP contribution in [-0.4, -0.2) is 24.9 Å². The van der Waals surface area contributed by atoms with Crippen molar-refractivity contribution in [3.8, 4) is 23.8 Å². The standard InChI is InChI=1S/C18H24O3.6CO.2Co/c1-4-18(19)12-6-5-7-15(18)10-8-14-9-11-16(20-2)17(13-14)21-3;6*1-2;;/h1,9,11,13,15,19H,5-8,10,12H2,2-3H3;;;;;;;;. The number of aliphatic hydroxyl groups is 1. The van der Waals surface area contributed by atoms with Gasteiger partial charge in [-0.2, -0.15) is 0 Å². The number of hydrogen-bond acceptors (Lipinski definition) is 3. The number of methoxy groups -OCH3 is 2. The summed E-state index contributed by atoms with van der Waals surface area (Å²) in [6.45, 7) is 27.0. The molecule has 1 aromatic carbocycles. The van der Waals surface area contributed by atoms with Gasteiger partial charge in [-0.15, -0.1) is 6.42 Å². The Kier molecular flexibility index (Phi) is 55.6. The van der Waals surface area contributed by atoms with Crippen LogP contribution < -0.4 is 9.47 Å². The number of rotatable bonds is 5. The van der Waals surface area contributed by atoms with Gasteiger partial charge in [-0.1, -0.05) is 18.4 Å². The average Bonchev–Trinajstić information content (AvgIpc) is 2.94. The van der Waals surface area contributed by atoms with E-state index in [2.05, 4.69) is 45.8 Å². The average molecular weight is 574 g/mol. The summed E-state index contributed by atoms with van der Waals surface area (Å²) in [6.07, 6.45) is 11.2. The van der Waals surface area contributed by atoms with Gasteiger partial charge in [-0.05, 0) is 55.7 Å². The summed E-state index contributed by atoms with van der Waals surface area (Å²) in [5, 5.41) is 10.5. The molecule has 1 aromatic rings. The fourth-order valence-electron chi connectivity index (χ4n) is 3.18. The van der Waals surface area contributed by atoms with Crippen LogP contribution in [0.25, 0.3) is 0 Å². The molecule has 192 valence electrons. The number of aryl methyl sites for hydroxylation is 1. The van der Waals surface area contributed by atoms with Crippen molar-refractivity contribution in [2.75, 3.05) is 14.2 Å². The quantitative estimate of drug-likeness (QED) is 0.326. The van der Waals surface area contributed by atoms with E-state index in [1.807, 2.05) is 18.2 Å². The molecule has 11 heteroatoms. The molecule has 2 atom stereocenters. The Morgan fingerprint density at radius 2 is 1.34 bits per heavy atom. The fourth-order valence-corrected chi connectivity index (χ4v) is 3.18. The molecule has 1 aliphatic rings. The summed E-state index contributed by atoms with van der Waals surface area (Å²) in [4.78, 5) is 0. The normalized spacial score (nSPS) is 15.4. The zero-order valence-electron chi connectivity index (χ0n) is 19.0. The van der Waals surface area contributed by atoms with Crippen LogP contribution in [0, 0.1) is 58.2 Å². The second kappa shape index (κ2) is 39.0. The maximum Gasteiger partial charge on any atom is 0 e. The van der Waals surface area contributed by atoms with E-state index >= 15 is 0 Å². The van der Waals surface area contributed by atoms with Crippen LogP contribution in [0.1, 0.15) is 37.7 Å². The zero-order valence-corrected chi connectivity index (χ0v) is 21.1. The molecule has 0 aromatic heterocycles. The fraction of sp³-hybridized carbons (Fsp3) is 0.417. The third-order valence-corrected chi connectivity index (χ3v) is 4.52. The summed E-state index contributed by atoms with van der Waals surface area (Å²) in [7, 11) is 3.27. The summed E-state index contributed by atoms with van der Waals surface area (Å²) in [6, 6.07) is 5.96. The van der Waals surface area contributed by atoms with Gasteiger partial charge in [0.1, 0.15) is 5.60 Å². The molecule has 2 unspecified atom stereocenters. The Bertz CT molecular complexity index is 731. The topological polar surface area (TPSA) is 158 Å². The zero-order chi connectivity index (χ0) is 27.3. The van der Waals surface area contributed by atoms with E-state index in [4.69, 9.17) is 43.8 Å². The molecule has 9 nitrogen and oxygen atoms in total. The third kappa shape index (κ3) is 20.8. The van der Waals surface area contributed by atoms with Gasteiger partial charge in [0.05, 0.1) is 14.2 Å². The van der Waals surface area contributed by atoms with E-state index < -0.39 is 5.60 Å². The van der Waals surface area contributed by atoms with Crippen LogP contribution in [0.4, 0.5) is 0 Å². The maximum absolute atomic E-state index is 10.5. The van der Waals surface area contributed by atoms with Crippen molar-refractivity contribution in [2.45, 2.75) is 44.1 Å². The SMILES string of the molecule is C#CC1(O)CCCCC1CCc1ccc(OC)c(OC)c1.[C-]#[O+].[C-]#[O+].[C-]#[O+].[C-]#[O+].[C-]#[O+].[C-]#[O+].[Co].[Co]. The summed E-state index contributed by atoms with van der Waals surface area (Å²) < 4.78 is 55.6. The van der Waals surface area contributed by atoms with E-state index in [1.54, 1.807) is 14.2 Å². The van der Waals surface area contributed by atoms with Crippen molar-refractivity contribution in [3.63, 3.8) is 0 Å². The van der Waals surface area contributed by atoms with E-state index in [1.165, 1.54) is 5.56 Å². The van der Waals surface area contributed by atoms with Crippen molar-refractivity contribution < 1.29 is 76.1 Å². The molecule has 0 heterocycles. The van der Waals surface area contributed by atoms with Crippen LogP contribution in [0.3, 0.4) is 0 Å². The molecule has 0 spiro atoms. The van der Waals surface area contributed by atoms with E-state index in [9.17, 15) is 5.11 Å². The minimum absolute atomic E-state index is 0. The minimum Gasteiger partial charge on any atom is 0 e. The van der Waals surface area contributed by atoms with Gasteiger partial charge in [0, 0.05) is 33.6 Å². The number of hydrogen-bond donors (Lipinski definition) is 1. The van der Waals surface area contributed by atoms with Crippen LogP contribution in [0.2, 0.25) is 0 Å². The van der Waals surface area contributed by atoms with E-state index in [-0.39, 0.29) is 39.5 Å². The second-order valence-corrected chi connectivity index (χ2v) is 5.74. The molecule has 0 amide bonds. The molecule has 1 saturated carbocycles. The van der Waals surface area contributed by atoms with Crippen molar-refractivity contribution in [2.24, 2.45) is 5.92 Å². The van der Waals surface area contributed by atoms with Gasteiger partial charge < -0.3 is 14.6 Å². The van der Waals surface area contributed by atoms with Crippen LogP contribution in [0.15, 0.2) is 18.2 Å². The molecule has 0 saturated heterocycles. The monoisotopic (exact) mass is 574 g/mol. The molecular formula is C24H24Co2O9. The summed E-state index contributed by atoms with van der Waals surface area (Å²) >= 11 is 0. The summed E-state index contributed by atoms with van der Waals surface area (Å²) in [5.41, 5.74) is 0.257. The van der Waals surface area contributed by atoms with Crippen LogP contribution >= 0.6 is 0 Å². The van der Waals surface area contributed by atoms with Crippen molar-refractivity contribution >= 4 is 0 Å². The maximum atomic E-state index is 10.5. The molecule has 0 bridgehead atoms. The largest absolute Gasteiger partial charge is 0 e. The van der Waals surface area contributed by atoms with E-state index in [0.717, 1.165) is 50.0 Å². The molecule has 1 N–H and O–H groups in total. The van der Waals surface area contributed by atoms with Gasteiger partial charge in [-0.3, -0.25) is 0 Å². The molecule has 2 radical (unpaired) electrons. The number of benzene rings is 1. The molecule has 2 rings (SSSR count). The molecule has 35 heavy (non-hydrogen) atoms. The Balaban J connectivity index is -0.0000000982. The third-order valence-electron chi connectivity index (χ3n) is 4.52.